The smallest absolute Gasteiger partial charge is 0.305 e. The van der Waals surface area contributed by atoms with Gasteiger partial charge in [0, 0.05) is 18.1 Å². The minimum Gasteiger partial charge on any atom is -0.469 e. The van der Waals surface area contributed by atoms with E-state index in [-0.39, 0.29) is 30.1 Å². The zero-order valence-corrected chi connectivity index (χ0v) is 18.8. The molecule has 170 valence electrons. The van der Waals surface area contributed by atoms with Crippen LogP contribution in [0, 0.1) is 23.7 Å². The van der Waals surface area contributed by atoms with Crippen molar-refractivity contribution in [1.29, 1.82) is 0 Å². The second kappa shape index (κ2) is 11.4. The zero-order valence-electron chi connectivity index (χ0n) is 18.8. The van der Waals surface area contributed by atoms with Gasteiger partial charge in [0.2, 0.25) is 0 Å². The molecule has 0 spiro atoms. The Labute approximate surface area is 182 Å². The number of unbranched alkanes of at least 4 members (excludes halogenated alkanes) is 1. The maximum absolute atomic E-state index is 11.2. The maximum Gasteiger partial charge on any atom is 0.305 e. The van der Waals surface area contributed by atoms with Gasteiger partial charge < -0.3 is 14.9 Å². The molecule has 0 aromatic carbocycles. The first-order chi connectivity index (χ1) is 14.5. The van der Waals surface area contributed by atoms with E-state index < -0.39 is 0 Å². The Bertz CT molecular complexity index is 608. The van der Waals surface area contributed by atoms with Crippen LogP contribution >= 0.6 is 0 Å². The van der Waals surface area contributed by atoms with Gasteiger partial charge in [-0.3, -0.25) is 9.79 Å². The Morgan fingerprint density at radius 2 is 2.03 bits per heavy atom. The second-order valence-corrected chi connectivity index (χ2v) is 9.74. The number of esters is 1. The number of nitrogens with zero attached hydrogens (tertiary/aromatic N) is 1. The summed E-state index contributed by atoms with van der Waals surface area (Å²) in [5.74, 6) is 1.53. The highest BCUT2D eigenvalue weighted by atomic mass is 16.5. The molecule has 5 nitrogen and oxygen atoms in total. The zero-order chi connectivity index (χ0) is 21.5. The Morgan fingerprint density at radius 3 is 2.73 bits per heavy atom. The van der Waals surface area contributed by atoms with Crippen molar-refractivity contribution >= 4 is 11.7 Å². The summed E-state index contributed by atoms with van der Waals surface area (Å²) in [6.45, 7) is 2.25. The molecule has 2 unspecified atom stereocenters. The quantitative estimate of drug-likeness (QED) is 0.311. The lowest BCUT2D eigenvalue weighted by molar-refractivity contribution is -0.140. The lowest BCUT2D eigenvalue weighted by Gasteiger charge is -2.30. The number of fused-ring (bicyclic) bond motifs is 1. The van der Waals surface area contributed by atoms with Crippen molar-refractivity contribution < 1.29 is 19.7 Å². The first-order valence-electron chi connectivity index (χ1n) is 12.2. The third kappa shape index (κ3) is 6.16. The molecule has 5 heteroatoms. The maximum atomic E-state index is 11.2. The molecule has 0 aromatic rings. The molecule has 0 amide bonds. The van der Waals surface area contributed by atoms with Crippen LogP contribution in [0.3, 0.4) is 0 Å². The third-order valence-corrected chi connectivity index (χ3v) is 7.66. The van der Waals surface area contributed by atoms with Gasteiger partial charge in [-0.1, -0.05) is 44.8 Å². The molecule has 0 bridgehead atoms. The fourth-order valence-corrected chi connectivity index (χ4v) is 5.87. The van der Waals surface area contributed by atoms with Crippen molar-refractivity contribution in [3.05, 3.63) is 12.2 Å². The highest BCUT2D eigenvalue weighted by Gasteiger charge is 2.44. The van der Waals surface area contributed by atoms with Crippen LogP contribution in [0.2, 0.25) is 0 Å². The van der Waals surface area contributed by atoms with Gasteiger partial charge in [-0.15, -0.1) is 0 Å². The van der Waals surface area contributed by atoms with Crippen LogP contribution in [0.4, 0.5) is 0 Å². The largest absolute Gasteiger partial charge is 0.469 e. The lowest BCUT2D eigenvalue weighted by atomic mass is 9.77. The number of ether oxygens (including phenoxy) is 1. The van der Waals surface area contributed by atoms with E-state index in [1.165, 1.54) is 38.5 Å². The van der Waals surface area contributed by atoms with E-state index in [2.05, 4.69) is 17.7 Å². The summed E-state index contributed by atoms with van der Waals surface area (Å²) in [4.78, 5) is 16.1. The second-order valence-electron chi connectivity index (χ2n) is 9.74. The molecular formula is C25H41NO4. The number of rotatable bonds is 10. The predicted molar refractivity (Wildman–Crippen MR) is 119 cm³/mol. The van der Waals surface area contributed by atoms with Gasteiger partial charge in [-0.25, -0.2) is 0 Å². The molecule has 2 N–H and O–H groups in total. The molecule has 0 saturated heterocycles. The van der Waals surface area contributed by atoms with Crippen LogP contribution in [-0.4, -0.2) is 47.3 Å². The fourth-order valence-electron chi connectivity index (χ4n) is 5.87. The van der Waals surface area contributed by atoms with Crippen LogP contribution in [0.25, 0.3) is 0 Å². The third-order valence-electron chi connectivity index (χ3n) is 7.66. The summed E-state index contributed by atoms with van der Waals surface area (Å²) in [6.07, 6.45) is 15.5. The minimum absolute atomic E-state index is 0.0948. The van der Waals surface area contributed by atoms with Crippen molar-refractivity contribution in [2.45, 2.75) is 102 Å². The van der Waals surface area contributed by atoms with E-state index in [0.29, 0.717) is 18.3 Å². The van der Waals surface area contributed by atoms with E-state index in [9.17, 15) is 15.0 Å². The van der Waals surface area contributed by atoms with Gasteiger partial charge in [-0.2, -0.15) is 0 Å². The molecule has 3 rings (SSSR count). The number of methoxy groups -OCH3 is 1. The molecule has 5 atom stereocenters. The molecule has 3 aliphatic rings. The number of aliphatic hydroxyl groups excluding tert-OH is 2. The molecule has 2 fully saturated rings. The average Bonchev–Trinajstić information content (AvgIpc) is 3.26. The summed E-state index contributed by atoms with van der Waals surface area (Å²) in [5, 5.41) is 21.2. The number of aliphatic imine (C=N–C) groups is 1. The van der Waals surface area contributed by atoms with Crippen molar-refractivity contribution in [2.75, 3.05) is 7.11 Å². The summed E-state index contributed by atoms with van der Waals surface area (Å²) in [5.41, 5.74) is 1.23. The average molecular weight is 420 g/mol. The van der Waals surface area contributed by atoms with E-state index in [4.69, 9.17) is 4.99 Å². The van der Waals surface area contributed by atoms with Crippen LogP contribution in [0.15, 0.2) is 17.1 Å². The van der Waals surface area contributed by atoms with Gasteiger partial charge >= 0.3 is 5.97 Å². The van der Waals surface area contributed by atoms with Crippen LogP contribution in [-0.2, 0) is 9.53 Å². The van der Waals surface area contributed by atoms with Crippen LogP contribution in [0.5, 0.6) is 0 Å². The van der Waals surface area contributed by atoms with Crippen LogP contribution < -0.4 is 0 Å². The monoisotopic (exact) mass is 419 g/mol. The molecular weight excluding hydrogens is 378 g/mol. The fraction of sp³-hybridized carbons (Fsp3) is 0.840. The van der Waals surface area contributed by atoms with E-state index >= 15 is 0 Å². The first-order valence-corrected chi connectivity index (χ1v) is 12.2. The standard InChI is InChI=1S/C25H41NO4/c1-3-6-17-9-11-18(12-10-17)23(27)14-13-20-21-15-19(26-22(21)16-24(20)28)7-4-5-8-25(29)30-2/h13-14,17-18,20-24,27-28H,3-12,15-16H2,1-2H3/b14-13+/t17?,18?,20-,21-,22+,23?,24?/m1/s1. The highest BCUT2D eigenvalue weighted by Crippen LogP contribution is 2.43. The highest BCUT2D eigenvalue weighted by molar-refractivity contribution is 5.86. The van der Waals surface area contributed by atoms with Crippen molar-refractivity contribution in [3.63, 3.8) is 0 Å². The molecule has 30 heavy (non-hydrogen) atoms. The van der Waals surface area contributed by atoms with Crippen molar-refractivity contribution in [1.82, 2.24) is 0 Å². The topological polar surface area (TPSA) is 79.1 Å². The number of hydrogen-bond acceptors (Lipinski definition) is 5. The van der Waals surface area contributed by atoms with Gasteiger partial charge in [0.15, 0.2) is 0 Å². The molecule has 1 aliphatic heterocycles. The number of aliphatic hydroxyl groups is 2. The van der Waals surface area contributed by atoms with E-state index in [0.717, 1.165) is 50.9 Å². The summed E-state index contributed by atoms with van der Waals surface area (Å²) in [7, 11) is 1.43. The van der Waals surface area contributed by atoms with Crippen molar-refractivity contribution in [2.24, 2.45) is 28.7 Å². The Morgan fingerprint density at radius 1 is 1.27 bits per heavy atom. The SMILES string of the molecule is CCCC1CCC(C(O)/C=C/[C@H]2C(O)C[C@@H]3N=C(CCCCC(=O)OC)C[C@@H]32)CC1. The molecule has 0 radical (unpaired) electrons. The normalized spacial score (nSPS) is 34.7. The summed E-state index contributed by atoms with van der Waals surface area (Å²) in [6, 6.07) is 0.215. The number of hydrogen-bond donors (Lipinski definition) is 2. The Kier molecular flexibility index (Phi) is 8.94. The first kappa shape index (κ1) is 23.5. The number of carbonyl (C=O) groups excluding carboxylic acids is 1. The van der Waals surface area contributed by atoms with E-state index in [1.54, 1.807) is 0 Å². The Hall–Kier alpha value is -1.20. The van der Waals surface area contributed by atoms with Gasteiger partial charge in [0.1, 0.15) is 0 Å². The molecule has 2 aliphatic carbocycles. The van der Waals surface area contributed by atoms with Crippen molar-refractivity contribution in [3.8, 4) is 0 Å². The lowest BCUT2D eigenvalue weighted by Crippen LogP contribution is -2.25. The summed E-state index contributed by atoms with van der Waals surface area (Å²) >= 11 is 0. The van der Waals surface area contributed by atoms with Gasteiger partial charge in [0.05, 0.1) is 25.4 Å². The predicted octanol–water partition coefficient (Wildman–Crippen LogP) is 4.45. The molecule has 0 aromatic heterocycles. The minimum atomic E-state index is -0.390. The Balaban J connectivity index is 1.44. The number of carbonyl (C=O) groups is 1. The summed E-state index contributed by atoms with van der Waals surface area (Å²) < 4.78 is 4.69. The van der Waals surface area contributed by atoms with Crippen LogP contribution in [0.1, 0.15) is 84.0 Å². The molecule has 1 heterocycles. The molecule has 2 saturated carbocycles. The van der Waals surface area contributed by atoms with Gasteiger partial charge in [-0.05, 0) is 62.7 Å². The van der Waals surface area contributed by atoms with E-state index in [1.807, 2.05) is 6.08 Å². The van der Waals surface area contributed by atoms with Gasteiger partial charge in [0.25, 0.3) is 0 Å².